The van der Waals surface area contributed by atoms with E-state index in [2.05, 4.69) is 37.2 Å². The second-order valence-corrected chi connectivity index (χ2v) is 5.95. The quantitative estimate of drug-likeness (QED) is 0.825. The fraction of sp³-hybridized carbons (Fsp3) is 0.333. The Labute approximate surface area is 126 Å². The van der Waals surface area contributed by atoms with Crippen LogP contribution in [0.15, 0.2) is 21.1 Å². The van der Waals surface area contributed by atoms with E-state index in [0.29, 0.717) is 22.3 Å². The van der Waals surface area contributed by atoms with Crippen LogP contribution in [0.3, 0.4) is 0 Å². The van der Waals surface area contributed by atoms with Crippen LogP contribution in [0.1, 0.15) is 6.42 Å². The van der Waals surface area contributed by atoms with Crippen molar-refractivity contribution in [3.05, 3.63) is 21.1 Å². The van der Waals surface area contributed by atoms with E-state index in [0.717, 1.165) is 4.47 Å². The van der Waals surface area contributed by atoms with Gasteiger partial charge in [0.25, 0.3) is 0 Å². The molecule has 0 unspecified atom stereocenters. The molecule has 0 saturated heterocycles. The van der Waals surface area contributed by atoms with Crippen molar-refractivity contribution >= 4 is 49.4 Å². The highest BCUT2D eigenvalue weighted by Gasteiger charge is 2.48. The van der Waals surface area contributed by atoms with Crippen molar-refractivity contribution in [2.24, 2.45) is 11.8 Å². The molecule has 1 aromatic rings. The highest BCUT2D eigenvalue weighted by molar-refractivity contribution is 9.11. The number of anilines is 1. The zero-order valence-corrected chi connectivity index (χ0v) is 13.1. The molecule has 2 atom stereocenters. The maximum absolute atomic E-state index is 11.9. The van der Waals surface area contributed by atoms with E-state index in [1.807, 2.05) is 0 Å². The van der Waals surface area contributed by atoms with Crippen LogP contribution in [0.2, 0.25) is 0 Å². The molecule has 0 aliphatic heterocycles. The molecule has 2 rings (SSSR count). The molecule has 102 valence electrons. The first-order chi connectivity index (χ1) is 8.93. The number of amides is 1. The molecule has 0 heterocycles. The molecule has 1 saturated carbocycles. The van der Waals surface area contributed by atoms with Crippen LogP contribution in [-0.4, -0.2) is 24.1 Å². The molecule has 1 amide bonds. The Balaban J connectivity index is 2.11. The topological polar surface area (TPSA) is 75.6 Å². The van der Waals surface area contributed by atoms with Crippen LogP contribution in [0.5, 0.6) is 5.75 Å². The van der Waals surface area contributed by atoms with Crippen molar-refractivity contribution < 1.29 is 19.4 Å². The maximum Gasteiger partial charge on any atom is 0.307 e. The van der Waals surface area contributed by atoms with E-state index < -0.39 is 17.8 Å². The van der Waals surface area contributed by atoms with E-state index in [-0.39, 0.29) is 5.91 Å². The third-order valence-corrected chi connectivity index (χ3v) is 4.22. The number of nitrogens with one attached hydrogen (secondary N) is 1. The van der Waals surface area contributed by atoms with Crippen LogP contribution in [0, 0.1) is 11.8 Å². The first kappa shape index (κ1) is 14.3. The molecule has 0 aromatic heterocycles. The number of hydrogen-bond acceptors (Lipinski definition) is 3. The molecule has 7 heteroatoms. The molecule has 0 radical (unpaired) electrons. The summed E-state index contributed by atoms with van der Waals surface area (Å²) in [5.74, 6) is -1.62. The molecule has 1 aliphatic carbocycles. The smallest absolute Gasteiger partial charge is 0.307 e. The van der Waals surface area contributed by atoms with Gasteiger partial charge >= 0.3 is 5.97 Å². The van der Waals surface area contributed by atoms with Crippen LogP contribution < -0.4 is 10.1 Å². The maximum atomic E-state index is 11.9. The molecule has 1 aromatic carbocycles. The molecule has 2 N–H and O–H groups in total. The number of aliphatic carboxylic acids is 1. The van der Waals surface area contributed by atoms with Gasteiger partial charge in [-0.3, -0.25) is 9.59 Å². The number of halogens is 2. The average Bonchev–Trinajstić information content (AvgIpc) is 3.12. The third-order valence-electron chi connectivity index (χ3n) is 2.94. The number of ether oxygens (including phenoxy) is 1. The molecule has 19 heavy (non-hydrogen) atoms. The second-order valence-electron chi connectivity index (χ2n) is 4.24. The van der Waals surface area contributed by atoms with E-state index in [1.54, 1.807) is 12.1 Å². The van der Waals surface area contributed by atoms with Crippen LogP contribution in [0.25, 0.3) is 0 Å². The first-order valence-corrected chi connectivity index (χ1v) is 7.09. The number of benzene rings is 1. The SMILES string of the molecule is COc1cc(NC(=O)[C@@H]2C[C@@H]2C(=O)O)c(Br)cc1Br. The lowest BCUT2D eigenvalue weighted by molar-refractivity contribution is -0.139. The van der Waals surface area contributed by atoms with Gasteiger partial charge in [0.2, 0.25) is 5.91 Å². The average molecular weight is 393 g/mol. The molecular formula is C12H11Br2NO4. The Kier molecular flexibility index (Phi) is 4.15. The van der Waals surface area contributed by atoms with Crippen LogP contribution in [-0.2, 0) is 9.59 Å². The van der Waals surface area contributed by atoms with Crippen molar-refractivity contribution in [2.75, 3.05) is 12.4 Å². The summed E-state index contributed by atoms with van der Waals surface area (Å²) in [6.07, 6.45) is 0.395. The van der Waals surface area contributed by atoms with E-state index in [4.69, 9.17) is 9.84 Å². The number of hydrogen-bond donors (Lipinski definition) is 2. The lowest BCUT2D eigenvalue weighted by atomic mass is 10.2. The number of methoxy groups -OCH3 is 1. The van der Waals surface area contributed by atoms with Gasteiger partial charge in [-0.2, -0.15) is 0 Å². The Morgan fingerprint density at radius 3 is 2.53 bits per heavy atom. The van der Waals surface area contributed by atoms with Crippen molar-refractivity contribution in [1.29, 1.82) is 0 Å². The number of carboxylic acid groups (broad SMARTS) is 1. The largest absolute Gasteiger partial charge is 0.495 e. The number of carbonyl (C=O) groups excluding carboxylic acids is 1. The van der Waals surface area contributed by atoms with E-state index in [9.17, 15) is 9.59 Å². The zero-order valence-electron chi connectivity index (χ0n) is 9.94. The standard InChI is InChI=1S/C12H11Br2NO4/c1-19-10-4-9(7(13)3-8(10)14)15-11(16)5-2-6(5)12(17)18/h3-6H,2H2,1H3,(H,15,16)(H,17,18)/t5-,6+/m1/s1. The summed E-state index contributed by atoms with van der Waals surface area (Å²) < 4.78 is 6.60. The van der Waals surface area contributed by atoms with Gasteiger partial charge < -0.3 is 15.2 Å². The third kappa shape index (κ3) is 3.09. The minimum absolute atomic E-state index is 0.280. The minimum Gasteiger partial charge on any atom is -0.495 e. The summed E-state index contributed by atoms with van der Waals surface area (Å²) in [4.78, 5) is 22.6. The molecular weight excluding hydrogens is 382 g/mol. The van der Waals surface area contributed by atoms with Crippen molar-refractivity contribution in [1.82, 2.24) is 0 Å². The first-order valence-electron chi connectivity index (χ1n) is 5.50. The molecule has 5 nitrogen and oxygen atoms in total. The highest BCUT2D eigenvalue weighted by atomic mass is 79.9. The van der Waals surface area contributed by atoms with E-state index >= 15 is 0 Å². The van der Waals surface area contributed by atoms with Gasteiger partial charge in [0.1, 0.15) is 5.75 Å². The Hall–Kier alpha value is -1.08. The van der Waals surface area contributed by atoms with Crippen LogP contribution >= 0.6 is 31.9 Å². The zero-order chi connectivity index (χ0) is 14.2. The van der Waals surface area contributed by atoms with Gasteiger partial charge in [0.05, 0.1) is 29.1 Å². The Morgan fingerprint density at radius 2 is 2.00 bits per heavy atom. The fourth-order valence-electron chi connectivity index (χ4n) is 1.76. The molecule has 1 fully saturated rings. The summed E-state index contributed by atoms with van der Waals surface area (Å²) in [5.41, 5.74) is 0.557. The molecule has 0 spiro atoms. The number of rotatable bonds is 4. The number of carboxylic acids is 1. The monoisotopic (exact) mass is 391 g/mol. The fourth-order valence-corrected chi connectivity index (χ4v) is 3.02. The van der Waals surface area contributed by atoms with E-state index in [1.165, 1.54) is 7.11 Å². The summed E-state index contributed by atoms with van der Waals surface area (Å²) in [7, 11) is 1.53. The minimum atomic E-state index is -0.924. The van der Waals surface area contributed by atoms with Gasteiger partial charge in [-0.1, -0.05) is 0 Å². The predicted octanol–water partition coefficient (Wildman–Crippen LogP) is 2.88. The van der Waals surface area contributed by atoms with Crippen LogP contribution in [0.4, 0.5) is 5.69 Å². The number of carbonyl (C=O) groups is 2. The van der Waals surface area contributed by atoms with Crippen molar-refractivity contribution in [2.45, 2.75) is 6.42 Å². The van der Waals surface area contributed by atoms with Crippen molar-refractivity contribution in [3.8, 4) is 5.75 Å². The molecule has 1 aliphatic rings. The summed E-state index contributed by atoms with van der Waals surface area (Å²) in [6, 6.07) is 3.43. The summed E-state index contributed by atoms with van der Waals surface area (Å²) in [6.45, 7) is 0. The molecule has 0 bridgehead atoms. The Morgan fingerprint density at radius 1 is 1.32 bits per heavy atom. The van der Waals surface area contributed by atoms with Gasteiger partial charge in [-0.25, -0.2) is 0 Å². The van der Waals surface area contributed by atoms with Crippen molar-refractivity contribution in [3.63, 3.8) is 0 Å². The lowest BCUT2D eigenvalue weighted by Crippen LogP contribution is -2.17. The summed E-state index contributed by atoms with van der Waals surface area (Å²) in [5, 5.41) is 11.5. The van der Waals surface area contributed by atoms with Gasteiger partial charge in [-0.15, -0.1) is 0 Å². The normalized spacial score (nSPS) is 20.8. The second kappa shape index (κ2) is 5.50. The van der Waals surface area contributed by atoms with Gasteiger partial charge in [0, 0.05) is 10.5 Å². The van der Waals surface area contributed by atoms with Gasteiger partial charge in [0.15, 0.2) is 0 Å². The Bertz CT molecular complexity index is 547. The highest BCUT2D eigenvalue weighted by Crippen LogP contribution is 2.41. The lowest BCUT2D eigenvalue weighted by Gasteiger charge is -2.10. The van der Waals surface area contributed by atoms with Gasteiger partial charge in [-0.05, 0) is 44.3 Å². The predicted molar refractivity (Wildman–Crippen MR) is 76.3 cm³/mol. The summed E-state index contributed by atoms with van der Waals surface area (Å²) >= 11 is 6.67.